The van der Waals surface area contributed by atoms with Crippen molar-refractivity contribution in [2.75, 3.05) is 73.0 Å². The highest BCUT2D eigenvalue weighted by molar-refractivity contribution is 4.67. The summed E-state index contributed by atoms with van der Waals surface area (Å²) in [6.45, 7) is 13.0. The molecule has 19 heavy (non-hydrogen) atoms. The first-order valence-corrected chi connectivity index (χ1v) is 8.02. The molecule has 0 aromatic carbocycles. The van der Waals surface area contributed by atoms with Gasteiger partial charge in [0.15, 0.2) is 0 Å². The van der Waals surface area contributed by atoms with Crippen LogP contribution < -0.4 is 5.32 Å². The Labute approximate surface area is 120 Å². The molecule has 1 heterocycles. The van der Waals surface area contributed by atoms with Gasteiger partial charge < -0.3 is 20.0 Å². The summed E-state index contributed by atoms with van der Waals surface area (Å²) in [5.74, 6) is 0. The quantitative estimate of drug-likeness (QED) is 0.775. The van der Waals surface area contributed by atoms with Gasteiger partial charge in [-0.25, -0.2) is 0 Å². The minimum atomic E-state index is 1.13. The molecule has 1 N–H and O–H groups in total. The molecule has 1 aliphatic rings. The molecule has 114 valence electrons. The molecular weight excluding hydrogens is 236 g/mol. The van der Waals surface area contributed by atoms with E-state index in [9.17, 15) is 0 Å². The molecule has 0 unspecified atom stereocenters. The third-order valence-electron chi connectivity index (χ3n) is 3.98. The highest BCUT2D eigenvalue weighted by Crippen LogP contribution is 1.98. The van der Waals surface area contributed by atoms with Crippen LogP contribution in [0.2, 0.25) is 0 Å². The number of likely N-dealkylation sites (N-methyl/N-ethyl adjacent to an activating group) is 2. The molecule has 1 rings (SSSR count). The maximum absolute atomic E-state index is 3.54. The molecular formula is C15H34N4. The Morgan fingerprint density at radius 2 is 1.84 bits per heavy atom. The van der Waals surface area contributed by atoms with Gasteiger partial charge in [-0.3, -0.25) is 0 Å². The lowest BCUT2D eigenvalue weighted by Crippen LogP contribution is -2.42. The van der Waals surface area contributed by atoms with Crippen molar-refractivity contribution in [1.29, 1.82) is 0 Å². The second kappa shape index (κ2) is 10.6. The summed E-state index contributed by atoms with van der Waals surface area (Å²) >= 11 is 0. The lowest BCUT2D eigenvalue weighted by Gasteiger charge is -2.28. The van der Waals surface area contributed by atoms with Crippen molar-refractivity contribution in [3.8, 4) is 0 Å². The topological polar surface area (TPSA) is 21.8 Å². The Balaban J connectivity index is 2.21. The molecule has 0 saturated carbocycles. The van der Waals surface area contributed by atoms with E-state index in [0.29, 0.717) is 0 Å². The van der Waals surface area contributed by atoms with Crippen LogP contribution in [-0.4, -0.2) is 87.7 Å². The SMILES string of the molecule is CCCCN(C)CCN1CCCN(C)CCNCC1. The highest BCUT2D eigenvalue weighted by atomic mass is 15.2. The summed E-state index contributed by atoms with van der Waals surface area (Å²) in [5.41, 5.74) is 0. The second-order valence-corrected chi connectivity index (χ2v) is 5.91. The monoisotopic (exact) mass is 270 g/mol. The third-order valence-corrected chi connectivity index (χ3v) is 3.98. The zero-order valence-electron chi connectivity index (χ0n) is 13.3. The van der Waals surface area contributed by atoms with Crippen LogP contribution in [0, 0.1) is 0 Å². The Bertz CT molecular complexity index is 210. The Morgan fingerprint density at radius 1 is 1.05 bits per heavy atom. The predicted molar refractivity (Wildman–Crippen MR) is 83.8 cm³/mol. The maximum Gasteiger partial charge on any atom is 0.0110 e. The molecule has 1 fully saturated rings. The van der Waals surface area contributed by atoms with E-state index in [2.05, 4.69) is 41.0 Å². The maximum atomic E-state index is 3.54. The van der Waals surface area contributed by atoms with Crippen LogP contribution in [0.1, 0.15) is 26.2 Å². The molecule has 4 nitrogen and oxygen atoms in total. The van der Waals surface area contributed by atoms with E-state index in [1.165, 1.54) is 65.1 Å². The van der Waals surface area contributed by atoms with E-state index in [0.717, 1.165) is 13.1 Å². The minimum Gasteiger partial charge on any atom is -0.314 e. The van der Waals surface area contributed by atoms with Crippen molar-refractivity contribution in [3.05, 3.63) is 0 Å². The Kier molecular flexibility index (Phi) is 9.43. The third kappa shape index (κ3) is 8.58. The van der Waals surface area contributed by atoms with Crippen molar-refractivity contribution < 1.29 is 0 Å². The fourth-order valence-corrected chi connectivity index (χ4v) is 2.50. The van der Waals surface area contributed by atoms with Crippen molar-refractivity contribution in [3.63, 3.8) is 0 Å². The average molecular weight is 270 g/mol. The fourth-order valence-electron chi connectivity index (χ4n) is 2.50. The summed E-state index contributed by atoms with van der Waals surface area (Å²) in [7, 11) is 4.48. The molecule has 0 aromatic heterocycles. The van der Waals surface area contributed by atoms with Crippen molar-refractivity contribution in [2.24, 2.45) is 0 Å². The molecule has 0 aliphatic carbocycles. The van der Waals surface area contributed by atoms with Crippen LogP contribution in [0.5, 0.6) is 0 Å². The van der Waals surface area contributed by atoms with Crippen molar-refractivity contribution in [2.45, 2.75) is 26.2 Å². The molecule has 0 amide bonds. The van der Waals surface area contributed by atoms with E-state index in [1.807, 2.05) is 0 Å². The molecule has 0 spiro atoms. The number of unbranched alkanes of at least 4 members (excludes halogenated alkanes) is 1. The van der Waals surface area contributed by atoms with E-state index in [-0.39, 0.29) is 0 Å². The second-order valence-electron chi connectivity index (χ2n) is 5.91. The molecule has 0 radical (unpaired) electrons. The first kappa shape index (κ1) is 16.9. The first-order chi connectivity index (χ1) is 9.22. The molecule has 1 aliphatic heterocycles. The van der Waals surface area contributed by atoms with Crippen LogP contribution in [-0.2, 0) is 0 Å². The van der Waals surface area contributed by atoms with Gasteiger partial charge in [-0.2, -0.15) is 0 Å². The number of nitrogens with one attached hydrogen (secondary N) is 1. The summed E-state index contributed by atoms with van der Waals surface area (Å²) in [6, 6.07) is 0. The zero-order chi connectivity index (χ0) is 13.9. The van der Waals surface area contributed by atoms with Crippen LogP contribution >= 0.6 is 0 Å². The predicted octanol–water partition coefficient (Wildman–Crippen LogP) is 0.945. The molecule has 0 bridgehead atoms. The van der Waals surface area contributed by atoms with Crippen molar-refractivity contribution >= 4 is 0 Å². The highest BCUT2D eigenvalue weighted by Gasteiger charge is 2.09. The van der Waals surface area contributed by atoms with Crippen LogP contribution in [0.15, 0.2) is 0 Å². The number of hydrogen-bond donors (Lipinski definition) is 1. The van der Waals surface area contributed by atoms with Gasteiger partial charge in [0, 0.05) is 39.3 Å². The van der Waals surface area contributed by atoms with Crippen molar-refractivity contribution in [1.82, 2.24) is 20.0 Å². The summed E-state index contributed by atoms with van der Waals surface area (Å²) in [5, 5.41) is 3.54. The Hall–Kier alpha value is -0.160. The lowest BCUT2D eigenvalue weighted by molar-refractivity contribution is 0.203. The summed E-state index contributed by atoms with van der Waals surface area (Å²) < 4.78 is 0. The normalized spacial score (nSPS) is 20.8. The van der Waals surface area contributed by atoms with Gasteiger partial charge >= 0.3 is 0 Å². The van der Waals surface area contributed by atoms with Gasteiger partial charge in [-0.05, 0) is 46.6 Å². The van der Waals surface area contributed by atoms with E-state index in [1.54, 1.807) is 0 Å². The van der Waals surface area contributed by atoms with Gasteiger partial charge in [-0.15, -0.1) is 0 Å². The largest absolute Gasteiger partial charge is 0.314 e. The standard InChI is InChI=1S/C15H34N4/c1-4-5-9-18(3)14-15-19-11-6-10-17(2)12-7-16-8-13-19/h16H,4-15H2,1-3H3. The average Bonchev–Trinajstić information content (AvgIpc) is 2.41. The molecule has 4 heteroatoms. The minimum absolute atomic E-state index is 1.13. The van der Waals surface area contributed by atoms with E-state index in [4.69, 9.17) is 0 Å². The van der Waals surface area contributed by atoms with Gasteiger partial charge in [0.2, 0.25) is 0 Å². The van der Waals surface area contributed by atoms with Gasteiger partial charge in [0.05, 0.1) is 0 Å². The fraction of sp³-hybridized carbons (Fsp3) is 1.00. The van der Waals surface area contributed by atoms with Crippen LogP contribution in [0.4, 0.5) is 0 Å². The van der Waals surface area contributed by atoms with Gasteiger partial charge in [0.1, 0.15) is 0 Å². The van der Waals surface area contributed by atoms with Gasteiger partial charge in [-0.1, -0.05) is 13.3 Å². The number of rotatable bonds is 6. The van der Waals surface area contributed by atoms with E-state index >= 15 is 0 Å². The number of nitrogens with zero attached hydrogens (tertiary/aromatic N) is 3. The summed E-state index contributed by atoms with van der Waals surface area (Å²) in [4.78, 5) is 7.53. The van der Waals surface area contributed by atoms with E-state index < -0.39 is 0 Å². The summed E-state index contributed by atoms with van der Waals surface area (Å²) in [6.07, 6.45) is 3.92. The first-order valence-electron chi connectivity index (χ1n) is 8.02. The van der Waals surface area contributed by atoms with Gasteiger partial charge in [0.25, 0.3) is 0 Å². The van der Waals surface area contributed by atoms with Crippen LogP contribution in [0.3, 0.4) is 0 Å². The zero-order valence-corrected chi connectivity index (χ0v) is 13.3. The molecule has 0 aromatic rings. The van der Waals surface area contributed by atoms with Crippen LogP contribution in [0.25, 0.3) is 0 Å². The smallest absolute Gasteiger partial charge is 0.0110 e. The molecule has 1 saturated heterocycles. The molecule has 0 atom stereocenters. The lowest BCUT2D eigenvalue weighted by atomic mass is 10.3. The number of hydrogen-bond acceptors (Lipinski definition) is 4. The Morgan fingerprint density at radius 3 is 2.63 bits per heavy atom.